The molecule has 0 radical (unpaired) electrons. The summed E-state index contributed by atoms with van der Waals surface area (Å²) in [6.45, 7) is 7.56. The van der Waals surface area contributed by atoms with Crippen molar-refractivity contribution in [3.8, 4) is 17.2 Å². The predicted octanol–water partition coefficient (Wildman–Crippen LogP) is 3.85. The van der Waals surface area contributed by atoms with E-state index in [9.17, 15) is 9.59 Å². The molecule has 29 heavy (non-hydrogen) atoms. The van der Waals surface area contributed by atoms with Gasteiger partial charge in [-0.2, -0.15) is 0 Å². The van der Waals surface area contributed by atoms with E-state index in [1.54, 1.807) is 17.0 Å². The Kier molecular flexibility index (Phi) is 5.18. The van der Waals surface area contributed by atoms with E-state index in [0.717, 1.165) is 5.56 Å². The van der Waals surface area contributed by atoms with E-state index in [1.165, 1.54) is 5.56 Å². The van der Waals surface area contributed by atoms with Crippen molar-refractivity contribution in [3.63, 3.8) is 0 Å². The fourth-order valence-electron chi connectivity index (χ4n) is 3.87. The summed E-state index contributed by atoms with van der Waals surface area (Å²) in [7, 11) is 0. The Morgan fingerprint density at radius 1 is 1.10 bits per heavy atom. The number of ether oxygens (including phenoxy) is 3. The molecule has 2 aromatic carbocycles. The number of benzene rings is 2. The first-order valence-electron chi connectivity index (χ1n) is 9.94. The molecule has 4 rings (SSSR count). The number of rotatable bonds is 4. The number of amides is 1. The van der Waals surface area contributed by atoms with Crippen molar-refractivity contribution in [1.29, 1.82) is 0 Å². The molecule has 0 spiro atoms. The van der Waals surface area contributed by atoms with Gasteiger partial charge in [0.15, 0.2) is 11.5 Å². The van der Waals surface area contributed by atoms with Crippen LogP contribution in [0, 0.1) is 12.8 Å². The third-order valence-electron chi connectivity index (χ3n) is 5.38. The van der Waals surface area contributed by atoms with Gasteiger partial charge in [-0.1, -0.05) is 19.9 Å². The molecule has 2 aliphatic rings. The minimum absolute atomic E-state index is 0.102. The molecule has 152 valence electrons. The van der Waals surface area contributed by atoms with E-state index < -0.39 is 5.92 Å². The van der Waals surface area contributed by atoms with Crippen molar-refractivity contribution in [2.24, 2.45) is 5.92 Å². The first-order valence-corrected chi connectivity index (χ1v) is 9.94. The number of aryl methyl sites for hydroxylation is 1. The highest BCUT2D eigenvalue weighted by molar-refractivity contribution is 6.00. The van der Waals surface area contributed by atoms with Crippen LogP contribution in [0.4, 0.5) is 5.69 Å². The number of fused-ring (bicyclic) bond motifs is 1. The minimum atomic E-state index is -0.499. The molecule has 2 aromatic rings. The molecule has 1 unspecified atom stereocenters. The van der Waals surface area contributed by atoms with Gasteiger partial charge >= 0.3 is 5.97 Å². The highest BCUT2D eigenvalue weighted by atomic mass is 16.6. The van der Waals surface area contributed by atoms with Crippen LogP contribution in [0.3, 0.4) is 0 Å². The molecule has 6 heteroatoms. The van der Waals surface area contributed by atoms with E-state index in [-0.39, 0.29) is 18.3 Å². The Morgan fingerprint density at radius 2 is 1.86 bits per heavy atom. The first-order chi connectivity index (χ1) is 13.9. The van der Waals surface area contributed by atoms with Crippen molar-refractivity contribution in [2.75, 3.05) is 24.7 Å². The first kappa shape index (κ1) is 19.3. The standard InChI is InChI=1S/C23H25NO5/c1-14(2)19-6-5-18(10-15(19)3)29-23(26)16-11-22(25)24(13-16)17-4-7-20-21(12-17)28-9-8-27-20/h4-7,10,12,14,16H,8-9,11,13H2,1-3H3. The Morgan fingerprint density at radius 3 is 2.59 bits per heavy atom. The molecule has 0 N–H and O–H groups in total. The number of hydrogen-bond acceptors (Lipinski definition) is 5. The van der Waals surface area contributed by atoms with Crippen molar-refractivity contribution in [3.05, 3.63) is 47.5 Å². The second kappa shape index (κ2) is 7.78. The zero-order chi connectivity index (χ0) is 20.5. The molecule has 0 aromatic heterocycles. The molecule has 2 heterocycles. The molecule has 0 aliphatic carbocycles. The van der Waals surface area contributed by atoms with Gasteiger partial charge in [0.1, 0.15) is 19.0 Å². The Labute approximate surface area is 170 Å². The lowest BCUT2D eigenvalue weighted by Crippen LogP contribution is -2.27. The fourth-order valence-corrected chi connectivity index (χ4v) is 3.87. The predicted molar refractivity (Wildman–Crippen MR) is 109 cm³/mol. The number of esters is 1. The van der Waals surface area contributed by atoms with Crippen LogP contribution in [0.5, 0.6) is 17.2 Å². The van der Waals surface area contributed by atoms with E-state index in [2.05, 4.69) is 13.8 Å². The molecular formula is C23H25NO5. The fraction of sp³-hybridized carbons (Fsp3) is 0.391. The molecule has 6 nitrogen and oxygen atoms in total. The third-order valence-corrected chi connectivity index (χ3v) is 5.38. The zero-order valence-electron chi connectivity index (χ0n) is 16.9. The second-order valence-electron chi connectivity index (χ2n) is 7.83. The van der Waals surface area contributed by atoms with Crippen LogP contribution in [0.2, 0.25) is 0 Å². The van der Waals surface area contributed by atoms with Gasteiger partial charge in [-0.15, -0.1) is 0 Å². The minimum Gasteiger partial charge on any atom is -0.486 e. The Hall–Kier alpha value is -3.02. The van der Waals surface area contributed by atoms with Gasteiger partial charge in [-0.3, -0.25) is 9.59 Å². The van der Waals surface area contributed by atoms with Crippen molar-refractivity contribution >= 4 is 17.6 Å². The van der Waals surface area contributed by atoms with Crippen LogP contribution < -0.4 is 19.1 Å². The summed E-state index contributed by atoms with van der Waals surface area (Å²) >= 11 is 0. The van der Waals surface area contributed by atoms with E-state index in [1.807, 2.05) is 31.2 Å². The van der Waals surface area contributed by atoms with Crippen LogP contribution in [-0.2, 0) is 9.59 Å². The largest absolute Gasteiger partial charge is 0.486 e. The van der Waals surface area contributed by atoms with E-state index in [0.29, 0.717) is 48.6 Å². The van der Waals surface area contributed by atoms with Gasteiger partial charge in [0.25, 0.3) is 0 Å². The van der Waals surface area contributed by atoms with Gasteiger partial charge in [0.05, 0.1) is 5.92 Å². The van der Waals surface area contributed by atoms with Crippen LogP contribution in [-0.4, -0.2) is 31.6 Å². The SMILES string of the molecule is Cc1cc(OC(=O)C2CC(=O)N(c3ccc4c(c3)OCCO4)C2)ccc1C(C)C. The average Bonchev–Trinajstić information content (AvgIpc) is 3.09. The molecule has 1 saturated heterocycles. The molecule has 1 amide bonds. The Balaban J connectivity index is 1.45. The average molecular weight is 395 g/mol. The van der Waals surface area contributed by atoms with Crippen LogP contribution in [0.25, 0.3) is 0 Å². The van der Waals surface area contributed by atoms with Crippen LogP contribution in [0.1, 0.15) is 37.3 Å². The highest BCUT2D eigenvalue weighted by Crippen LogP contribution is 2.36. The number of anilines is 1. The number of carbonyl (C=O) groups excluding carboxylic acids is 2. The molecule has 1 atom stereocenters. The normalized spacial score (nSPS) is 18.3. The lowest BCUT2D eigenvalue weighted by molar-refractivity contribution is -0.139. The maximum absolute atomic E-state index is 12.7. The molecular weight excluding hydrogens is 370 g/mol. The summed E-state index contributed by atoms with van der Waals surface area (Å²) in [6.07, 6.45) is 0.135. The Bertz CT molecular complexity index is 952. The maximum atomic E-state index is 12.7. The van der Waals surface area contributed by atoms with Crippen molar-refractivity contribution < 1.29 is 23.8 Å². The van der Waals surface area contributed by atoms with Gasteiger partial charge in [0, 0.05) is 24.7 Å². The van der Waals surface area contributed by atoms with Gasteiger partial charge in [-0.05, 0) is 48.2 Å². The monoisotopic (exact) mass is 395 g/mol. The summed E-state index contributed by atoms with van der Waals surface area (Å²) < 4.78 is 16.7. The second-order valence-corrected chi connectivity index (χ2v) is 7.83. The number of nitrogens with zero attached hydrogens (tertiary/aromatic N) is 1. The van der Waals surface area contributed by atoms with Crippen molar-refractivity contribution in [2.45, 2.75) is 33.1 Å². The molecule has 0 saturated carbocycles. The summed E-state index contributed by atoms with van der Waals surface area (Å²) in [6, 6.07) is 11.1. The maximum Gasteiger partial charge on any atom is 0.316 e. The molecule has 0 bridgehead atoms. The van der Waals surface area contributed by atoms with E-state index in [4.69, 9.17) is 14.2 Å². The van der Waals surface area contributed by atoms with Gasteiger partial charge < -0.3 is 19.1 Å². The number of hydrogen-bond donors (Lipinski definition) is 0. The number of carbonyl (C=O) groups is 2. The van der Waals surface area contributed by atoms with Crippen LogP contribution >= 0.6 is 0 Å². The zero-order valence-corrected chi connectivity index (χ0v) is 16.9. The molecule has 1 fully saturated rings. The van der Waals surface area contributed by atoms with E-state index >= 15 is 0 Å². The van der Waals surface area contributed by atoms with Gasteiger partial charge in [0.2, 0.25) is 5.91 Å². The van der Waals surface area contributed by atoms with Gasteiger partial charge in [-0.25, -0.2) is 0 Å². The van der Waals surface area contributed by atoms with Crippen molar-refractivity contribution in [1.82, 2.24) is 0 Å². The highest BCUT2D eigenvalue weighted by Gasteiger charge is 2.37. The topological polar surface area (TPSA) is 65.1 Å². The summed E-state index contributed by atoms with van der Waals surface area (Å²) in [5.74, 6) is 1.23. The lowest BCUT2D eigenvalue weighted by atomic mass is 9.98. The quantitative estimate of drug-likeness (QED) is 0.581. The lowest BCUT2D eigenvalue weighted by Gasteiger charge is -2.22. The molecule has 2 aliphatic heterocycles. The summed E-state index contributed by atoms with van der Waals surface area (Å²) in [4.78, 5) is 26.8. The third kappa shape index (κ3) is 3.92. The summed E-state index contributed by atoms with van der Waals surface area (Å²) in [5.41, 5.74) is 3.02. The smallest absolute Gasteiger partial charge is 0.316 e. The summed E-state index contributed by atoms with van der Waals surface area (Å²) in [5, 5.41) is 0. The van der Waals surface area contributed by atoms with Crippen LogP contribution in [0.15, 0.2) is 36.4 Å².